The van der Waals surface area contributed by atoms with E-state index in [1.807, 2.05) is 6.08 Å². The summed E-state index contributed by atoms with van der Waals surface area (Å²) in [5, 5.41) is 8.43. The molecule has 1 heteroatoms. The molecule has 0 heterocycles. The molecule has 0 rings (SSSR count). The number of rotatable bonds is 4. The van der Waals surface area contributed by atoms with Gasteiger partial charge in [0.25, 0.3) is 0 Å². The van der Waals surface area contributed by atoms with Crippen LogP contribution >= 0.6 is 0 Å². The van der Waals surface area contributed by atoms with Gasteiger partial charge in [-0.05, 0) is 18.8 Å². The van der Waals surface area contributed by atoms with E-state index in [0.29, 0.717) is 12.5 Å². The standard InChI is InChI=1S/C7H14O/c1-3-4-7(2)5-6-8/h3,7-8H,1,4-6H2,2H3/t7-/m0/s1. The topological polar surface area (TPSA) is 20.2 Å². The Kier molecular flexibility index (Phi) is 4.67. The van der Waals surface area contributed by atoms with Gasteiger partial charge in [-0.2, -0.15) is 0 Å². The van der Waals surface area contributed by atoms with Gasteiger partial charge in [0.05, 0.1) is 0 Å². The summed E-state index contributed by atoms with van der Waals surface area (Å²) < 4.78 is 0. The first-order valence-corrected chi connectivity index (χ1v) is 3.03. The largest absolute Gasteiger partial charge is 0.396 e. The summed E-state index contributed by atoms with van der Waals surface area (Å²) in [6.07, 6.45) is 3.80. The molecule has 0 unspecified atom stereocenters. The molecule has 0 saturated heterocycles. The van der Waals surface area contributed by atoms with E-state index < -0.39 is 0 Å². The first-order valence-electron chi connectivity index (χ1n) is 3.03. The lowest BCUT2D eigenvalue weighted by Gasteiger charge is -2.03. The molecule has 0 aromatic rings. The van der Waals surface area contributed by atoms with Crippen molar-refractivity contribution in [1.82, 2.24) is 0 Å². The summed E-state index contributed by atoms with van der Waals surface area (Å²) in [6.45, 7) is 6.01. The van der Waals surface area contributed by atoms with Crippen LogP contribution in [-0.4, -0.2) is 11.7 Å². The number of allylic oxidation sites excluding steroid dienone is 1. The van der Waals surface area contributed by atoms with Crippen LogP contribution in [0.15, 0.2) is 12.7 Å². The molecular weight excluding hydrogens is 100 g/mol. The second-order valence-corrected chi connectivity index (χ2v) is 2.14. The molecule has 1 atom stereocenters. The van der Waals surface area contributed by atoms with E-state index in [2.05, 4.69) is 13.5 Å². The third-order valence-corrected chi connectivity index (χ3v) is 1.19. The van der Waals surface area contributed by atoms with E-state index in [1.165, 1.54) is 0 Å². The minimum Gasteiger partial charge on any atom is -0.396 e. The zero-order valence-electron chi connectivity index (χ0n) is 5.43. The lowest BCUT2D eigenvalue weighted by Crippen LogP contribution is -1.95. The Morgan fingerprint density at radius 2 is 2.38 bits per heavy atom. The van der Waals surface area contributed by atoms with Crippen molar-refractivity contribution in [2.45, 2.75) is 19.8 Å². The first-order chi connectivity index (χ1) is 3.81. The smallest absolute Gasteiger partial charge is 0.0433 e. The van der Waals surface area contributed by atoms with Crippen molar-refractivity contribution < 1.29 is 5.11 Å². The van der Waals surface area contributed by atoms with E-state index in [4.69, 9.17) is 5.11 Å². The number of aliphatic hydroxyl groups excluding tert-OH is 1. The maximum absolute atomic E-state index is 8.43. The Morgan fingerprint density at radius 3 is 2.75 bits per heavy atom. The summed E-state index contributed by atoms with van der Waals surface area (Å²) in [5.74, 6) is 0.595. The van der Waals surface area contributed by atoms with Crippen molar-refractivity contribution in [3.8, 4) is 0 Å². The van der Waals surface area contributed by atoms with Crippen molar-refractivity contribution in [1.29, 1.82) is 0 Å². The molecule has 0 spiro atoms. The van der Waals surface area contributed by atoms with E-state index >= 15 is 0 Å². The number of aliphatic hydroxyl groups is 1. The fourth-order valence-electron chi connectivity index (χ4n) is 0.623. The van der Waals surface area contributed by atoms with Gasteiger partial charge in [0, 0.05) is 6.61 Å². The quantitative estimate of drug-likeness (QED) is 0.550. The van der Waals surface area contributed by atoms with Crippen molar-refractivity contribution in [3.63, 3.8) is 0 Å². The van der Waals surface area contributed by atoms with Crippen LogP contribution in [0, 0.1) is 5.92 Å². The van der Waals surface area contributed by atoms with Crippen molar-refractivity contribution >= 4 is 0 Å². The molecule has 0 aliphatic carbocycles. The lowest BCUT2D eigenvalue weighted by atomic mass is 10.1. The van der Waals surface area contributed by atoms with Crippen LogP contribution in [0.1, 0.15) is 19.8 Å². The molecule has 0 bridgehead atoms. The van der Waals surface area contributed by atoms with Crippen molar-refractivity contribution in [2.24, 2.45) is 5.92 Å². The van der Waals surface area contributed by atoms with E-state index in [1.54, 1.807) is 0 Å². The van der Waals surface area contributed by atoms with Crippen LogP contribution in [0.2, 0.25) is 0 Å². The minimum atomic E-state index is 0.301. The predicted molar refractivity (Wildman–Crippen MR) is 35.7 cm³/mol. The molecule has 0 saturated carbocycles. The van der Waals surface area contributed by atoms with E-state index in [-0.39, 0.29) is 0 Å². The summed E-state index contributed by atoms with van der Waals surface area (Å²) in [5.41, 5.74) is 0. The molecule has 0 radical (unpaired) electrons. The third-order valence-electron chi connectivity index (χ3n) is 1.19. The molecule has 48 valence electrons. The second kappa shape index (κ2) is 4.85. The van der Waals surface area contributed by atoms with Gasteiger partial charge in [0.2, 0.25) is 0 Å². The van der Waals surface area contributed by atoms with Crippen LogP contribution in [0.5, 0.6) is 0 Å². The van der Waals surface area contributed by atoms with Crippen LogP contribution in [0.25, 0.3) is 0 Å². The monoisotopic (exact) mass is 114 g/mol. The average Bonchev–Trinajstić information content (AvgIpc) is 1.68. The number of hydrogen-bond acceptors (Lipinski definition) is 1. The highest BCUT2D eigenvalue weighted by atomic mass is 16.2. The van der Waals surface area contributed by atoms with Gasteiger partial charge in [0.15, 0.2) is 0 Å². The zero-order chi connectivity index (χ0) is 6.41. The molecule has 0 aromatic heterocycles. The summed E-state index contributed by atoms with van der Waals surface area (Å²) in [4.78, 5) is 0. The predicted octanol–water partition coefficient (Wildman–Crippen LogP) is 1.58. The summed E-state index contributed by atoms with van der Waals surface area (Å²) in [7, 11) is 0. The molecule has 1 N–H and O–H groups in total. The molecule has 0 aromatic carbocycles. The first kappa shape index (κ1) is 7.70. The van der Waals surface area contributed by atoms with E-state index in [9.17, 15) is 0 Å². The molecule has 8 heavy (non-hydrogen) atoms. The lowest BCUT2D eigenvalue weighted by molar-refractivity contribution is 0.263. The average molecular weight is 114 g/mol. The minimum absolute atomic E-state index is 0.301. The maximum Gasteiger partial charge on any atom is 0.0433 e. The van der Waals surface area contributed by atoms with Crippen molar-refractivity contribution in [3.05, 3.63) is 12.7 Å². The molecule has 0 amide bonds. The fourth-order valence-corrected chi connectivity index (χ4v) is 0.623. The third kappa shape index (κ3) is 3.88. The van der Waals surface area contributed by atoms with Crippen LogP contribution in [-0.2, 0) is 0 Å². The SMILES string of the molecule is C=CC[C@H](C)CCO. The van der Waals surface area contributed by atoms with Gasteiger partial charge >= 0.3 is 0 Å². The maximum atomic E-state index is 8.43. The molecule has 1 nitrogen and oxygen atoms in total. The van der Waals surface area contributed by atoms with E-state index in [0.717, 1.165) is 12.8 Å². The Hall–Kier alpha value is -0.300. The van der Waals surface area contributed by atoms with Gasteiger partial charge in [-0.15, -0.1) is 6.58 Å². The van der Waals surface area contributed by atoms with Gasteiger partial charge in [-0.1, -0.05) is 13.0 Å². The van der Waals surface area contributed by atoms with Crippen molar-refractivity contribution in [2.75, 3.05) is 6.61 Å². The Morgan fingerprint density at radius 1 is 1.75 bits per heavy atom. The summed E-state index contributed by atoms with van der Waals surface area (Å²) >= 11 is 0. The Balaban J connectivity index is 3.03. The van der Waals surface area contributed by atoms with Gasteiger partial charge in [0.1, 0.15) is 0 Å². The Bertz CT molecular complexity index is 59.4. The second-order valence-electron chi connectivity index (χ2n) is 2.14. The molecule has 0 fully saturated rings. The van der Waals surface area contributed by atoms with Gasteiger partial charge in [-0.3, -0.25) is 0 Å². The fraction of sp³-hybridized carbons (Fsp3) is 0.714. The highest BCUT2D eigenvalue weighted by molar-refractivity contribution is 4.69. The molecule has 0 aliphatic heterocycles. The van der Waals surface area contributed by atoms with Gasteiger partial charge in [-0.25, -0.2) is 0 Å². The normalized spacial score (nSPS) is 13.2. The summed E-state index contributed by atoms with van der Waals surface area (Å²) in [6, 6.07) is 0. The molecule has 0 aliphatic rings. The zero-order valence-corrected chi connectivity index (χ0v) is 5.43. The van der Waals surface area contributed by atoms with Gasteiger partial charge < -0.3 is 5.11 Å². The van der Waals surface area contributed by atoms with Crippen LogP contribution < -0.4 is 0 Å². The number of hydrogen-bond donors (Lipinski definition) is 1. The highest BCUT2D eigenvalue weighted by Gasteiger charge is 1.95. The van der Waals surface area contributed by atoms with Crippen LogP contribution in [0.4, 0.5) is 0 Å². The highest BCUT2D eigenvalue weighted by Crippen LogP contribution is 2.05. The molecular formula is C7H14O. The van der Waals surface area contributed by atoms with Crippen LogP contribution in [0.3, 0.4) is 0 Å². The Labute approximate surface area is 51.0 Å².